The van der Waals surface area contributed by atoms with Gasteiger partial charge in [0.2, 0.25) is 11.9 Å². The van der Waals surface area contributed by atoms with E-state index in [9.17, 15) is 9.59 Å². The molecule has 3 aliphatic heterocycles. The molecule has 2 atom stereocenters. The lowest BCUT2D eigenvalue weighted by atomic mass is 10.0. The van der Waals surface area contributed by atoms with Crippen LogP contribution in [0.4, 0.5) is 10.5 Å². The van der Waals surface area contributed by atoms with Crippen LogP contribution in [0.1, 0.15) is 30.0 Å². The highest BCUT2D eigenvalue weighted by Gasteiger charge is 2.54. The fraction of sp³-hybridized carbons (Fsp3) is 0.407. The van der Waals surface area contributed by atoms with Crippen molar-refractivity contribution in [1.82, 2.24) is 9.80 Å². The quantitative estimate of drug-likeness (QED) is 0.645. The highest BCUT2D eigenvalue weighted by atomic mass is 16.2. The first-order valence-electron chi connectivity index (χ1n) is 12.0. The first-order chi connectivity index (χ1) is 16.3. The molecule has 2 aromatic carbocycles. The summed E-state index contributed by atoms with van der Waals surface area (Å²) >= 11 is 0. The van der Waals surface area contributed by atoms with Gasteiger partial charge in [-0.15, -0.1) is 0 Å². The van der Waals surface area contributed by atoms with E-state index in [4.69, 9.17) is 4.99 Å². The molecule has 0 aliphatic carbocycles. The van der Waals surface area contributed by atoms with Gasteiger partial charge in [-0.2, -0.15) is 0 Å². The second-order valence-corrected chi connectivity index (χ2v) is 9.73. The maximum atomic E-state index is 13.6. The number of imide groups is 1. The highest BCUT2D eigenvalue weighted by Crippen LogP contribution is 2.29. The molecule has 3 aliphatic rings. The SMILES string of the molecule is Cc1ccc(N2CC(C)C[N+]3=C2N=C2C3C(=O)N(CCCc3ccccc3)C(=O)N2C)cc1C. The van der Waals surface area contributed by atoms with Crippen molar-refractivity contribution in [3.63, 3.8) is 0 Å². The molecule has 2 unspecified atom stereocenters. The van der Waals surface area contributed by atoms with E-state index in [1.54, 1.807) is 11.9 Å². The summed E-state index contributed by atoms with van der Waals surface area (Å²) in [6, 6.07) is 15.7. The topological polar surface area (TPSA) is 59.2 Å². The summed E-state index contributed by atoms with van der Waals surface area (Å²) in [6.07, 6.45) is 1.56. The number of amides is 3. The molecule has 34 heavy (non-hydrogen) atoms. The lowest BCUT2D eigenvalue weighted by molar-refractivity contribution is -0.545. The Morgan fingerprint density at radius 2 is 1.82 bits per heavy atom. The maximum absolute atomic E-state index is 13.6. The Morgan fingerprint density at radius 1 is 1.06 bits per heavy atom. The summed E-state index contributed by atoms with van der Waals surface area (Å²) in [4.78, 5) is 36.8. The number of amidine groups is 1. The summed E-state index contributed by atoms with van der Waals surface area (Å²) < 4.78 is 2.09. The number of hydrogen-bond acceptors (Lipinski definition) is 4. The summed E-state index contributed by atoms with van der Waals surface area (Å²) in [5.74, 6) is 1.48. The van der Waals surface area contributed by atoms with Crippen molar-refractivity contribution in [2.45, 2.75) is 39.7 Å². The molecule has 1 fully saturated rings. The molecule has 2 aromatic rings. The van der Waals surface area contributed by atoms with E-state index in [0.717, 1.165) is 37.6 Å². The number of aryl methyl sites for hydroxylation is 3. The van der Waals surface area contributed by atoms with Gasteiger partial charge in [0.05, 0.1) is 13.1 Å². The fourth-order valence-corrected chi connectivity index (χ4v) is 5.10. The Hall–Kier alpha value is -3.48. The molecule has 7 nitrogen and oxygen atoms in total. The van der Waals surface area contributed by atoms with Gasteiger partial charge in [0.15, 0.2) is 0 Å². The maximum Gasteiger partial charge on any atom is 0.397 e. The zero-order valence-electron chi connectivity index (χ0n) is 20.4. The van der Waals surface area contributed by atoms with Crippen LogP contribution in [0.25, 0.3) is 0 Å². The molecule has 0 bridgehead atoms. The number of nitrogens with zero attached hydrogens (tertiary/aromatic N) is 5. The third-order valence-corrected chi connectivity index (χ3v) is 7.13. The molecule has 176 valence electrons. The van der Waals surface area contributed by atoms with Crippen molar-refractivity contribution in [3.05, 3.63) is 65.2 Å². The van der Waals surface area contributed by atoms with Crippen LogP contribution in [0.15, 0.2) is 53.5 Å². The van der Waals surface area contributed by atoms with Crippen LogP contribution in [0, 0.1) is 19.8 Å². The van der Waals surface area contributed by atoms with Crippen LogP contribution < -0.4 is 4.90 Å². The number of carbonyl (C=O) groups excluding carboxylic acids is 2. The zero-order chi connectivity index (χ0) is 24.0. The van der Waals surface area contributed by atoms with Gasteiger partial charge in [0.1, 0.15) is 5.69 Å². The van der Waals surface area contributed by atoms with Crippen molar-refractivity contribution in [2.24, 2.45) is 10.9 Å². The van der Waals surface area contributed by atoms with Gasteiger partial charge >= 0.3 is 12.0 Å². The minimum absolute atomic E-state index is 0.168. The average Bonchev–Trinajstić information content (AvgIpc) is 3.21. The van der Waals surface area contributed by atoms with E-state index in [1.807, 2.05) is 18.2 Å². The molecular formula is C27H32N5O2+. The van der Waals surface area contributed by atoms with Crippen molar-refractivity contribution < 1.29 is 14.2 Å². The summed E-state index contributed by atoms with van der Waals surface area (Å²) in [5.41, 5.74) is 4.74. The molecule has 3 amide bonds. The molecule has 0 aromatic heterocycles. The molecule has 0 saturated carbocycles. The van der Waals surface area contributed by atoms with Crippen LogP contribution in [0.5, 0.6) is 0 Å². The number of rotatable bonds is 5. The number of anilines is 1. The van der Waals surface area contributed by atoms with E-state index < -0.39 is 6.04 Å². The number of likely N-dealkylation sites (N-methyl/N-ethyl adjacent to an activating group) is 1. The van der Waals surface area contributed by atoms with Gasteiger partial charge in [0, 0.05) is 19.5 Å². The smallest absolute Gasteiger partial charge is 0.270 e. The molecule has 7 heteroatoms. The van der Waals surface area contributed by atoms with Gasteiger partial charge in [-0.25, -0.2) is 14.3 Å². The third-order valence-electron chi connectivity index (χ3n) is 7.13. The Kier molecular flexibility index (Phi) is 5.71. The van der Waals surface area contributed by atoms with E-state index in [-0.39, 0.29) is 11.9 Å². The first-order valence-corrected chi connectivity index (χ1v) is 12.0. The predicted molar refractivity (Wildman–Crippen MR) is 133 cm³/mol. The number of carbonyl (C=O) groups is 2. The van der Waals surface area contributed by atoms with Gasteiger partial charge in [0.25, 0.3) is 5.91 Å². The van der Waals surface area contributed by atoms with Crippen molar-refractivity contribution in [3.8, 4) is 0 Å². The van der Waals surface area contributed by atoms with Gasteiger partial charge in [-0.3, -0.25) is 14.6 Å². The number of fused-ring (bicyclic) bond motifs is 2. The van der Waals surface area contributed by atoms with Gasteiger partial charge < -0.3 is 0 Å². The predicted octanol–water partition coefficient (Wildman–Crippen LogP) is 3.44. The largest absolute Gasteiger partial charge is 0.397 e. The number of urea groups is 1. The van der Waals surface area contributed by atoms with Crippen molar-refractivity contribution in [1.29, 1.82) is 0 Å². The van der Waals surface area contributed by atoms with E-state index >= 15 is 0 Å². The minimum atomic E-state index is -0.550. The van der Waals surface area contributed by atoms with Gasteiger partial charge in [-0.1, -0.05) is 48.3 Å². The monoisotopic (exact) mass is 458 g/mol. The van der Waals surface area contributed by atoms with E-state index in [2.05, 4.69) is 60.6 Å². The molecular weight excluding hydrogens is 426 g/mol. The normalized spacial score (nSPS) is 22.2. The summed E-state index contributed by atoms with van der Waals surface area (Å²) in [6.45, 7) is 8.37. The molecule has 1 saturated heterocycles. The Bertz CT molecular complexity index is 1200. The van der Waals surface area contributed by atoms with Crippen molar-refractivity contribution in [2.75, 3.05) is 31.6 Å². The van der Waals surface area contributed by atoms with Gasteiger partial charge in [-0.05, 0) is 55.5 Å². The lowest BCUT2D eigenvalue weighted by Gasteiger charge is -2.35. The van der Waals surface area contributed by atoms with Crippen LogP contribution in [0.3, 0.4) is 0 Å². The standard InChI is InChI=1S/C27H32N5O2/c1-18-16-31(22-13-12-19(2)20(3)15-22)26-28-24-23(32(26)17-18)25(33)30(27(34)29(24)4)14-8-11-21-9-6-5-7-10-21/h5-7,9-10,12-13,15,18,23H,8,11,14,16-17H2,1-4H3/q+1. The fourth-order valence-electron chi connectivity index (χ4n) is 5.10. The second kappa shape index (κ2) is 8.70. The number of benzene rings is 2. The number of guanidine groups is 1. The Morgan fingerprint density at radius 3 is 2.56 bits per heavy atom. The molecule has 0 N–H and O–H groups in total. The number of aliphatic imine (C=N–C) groups is 1. The molecule has 5 rings (SSSR count). The van der Waals surface area contributed by atoms with Crippen LogP contribution in [-0.2, 0) is 11.2 Å². The Balaban J connectivity index is 1.43. The Labute approximate surface area is 201 Å². The third kappa shape index (κ3) is 3.79. The second-order valence-electron chi connectivity index (χ2n) is 9.73. The van der Waals surface area contributed by atoms with E-state index in [1.165, 1.54) is 21.6 Å². The summed E-state index contributed by atoms with van der Waals surface area (Å²) in [5, 5.41) is 0. The summed E-state index contributed by atoms with van der Waals surface area (Å²) in [7, 11) is 1.73. The highest BCUT2D eigenvalue weighted by molar-refractivity contribution is 6.24. The zero-order valence-corrected chi connectivity index (χ0v) is 20.4. The van der Waals surface area contributed by atoms with Crippen LogP contribution in [0.2, 0.25) is 0 Å². The molecule has 3 heterocycles. The average molecular weight is 459 g/mol. The molecule has 0 radical (unpaired) electrons. The van der Waals surface area contributed by atoms with E-state index in [0.29, 0.717) is 18.3 Å². The lowest BCUT2D eigenvalue weighted by Crippen LogP contribution is -2.63. The minimum Gasteiger partial charge on any atom is -0.270 e. The first kappa shape index (κ1) is 22.3. The molecule has 0 spiro atoms. The number of hydrogen-bond donors (Lipinski definition) is 0. The van der Waals surface area contributed by atoms with Crippen LogP contribution in [-0.4, -0.2) is 70.8 Å². The van der Waals surface area contributed by atoms with Crippen LogP contribution >= 0.6 is 0 Å². The van der Waals surface area contributed by atoms with Crippen molar-refractivity contribution >= 4 is 29.4 Å².